The Morgan fingerprint density at radius 2 is 1.72 bits per heavy atom. The lowest BCUT2D eigenvalue weighted by atomic mass is 9.87. The monoisotopic (exact) mass is 557 g/mol. The molecule has 0 spiro atoms. The minimum atomic E-state index is -1.45. The molecule has 10 heteroatoms. The lowest BCUT2D eigenvalue weighted by molar-refractivity contribution is -0.160. The number of rotatable bonds is 6. The second-order valence-electron chi connectivity index (χ2n) is 11.1. The molecule has 2 heterocycles. The molecule has 0 bridgehead atoms. The Balaban J connectivity index is 1.56. The van der Waals surface area contributed by atoms with Gasteiger partial charge in [0.25, 0.3) is 0 Å². The van der Waals surface area contributed by atoms with Crippen molar-refractivity contribution in [2.24, 2.45) is 11.8 Å². The van der Waals surface area contributed by atoms with Crippen LogP contribution in [0.5, 0.6) is 0 Å². The SMILES string of the molecule is CC(C)CC1C(=O)NC(C2Cc3ccccc3C2)C(=O)N1C(C(=O)N1CC[S+]([O-])CC1)c1ccc(F)cc1F. The molecule has 2 aromatic carbocycles. The summed E-state index contributed by atoms with van der Waals surface area (Å²) in [7, 11) is 0. The quantitative estimate of drug-likeness (QED) is 0.553. The van der Waals surface area contributed by atoms with Gasteiger partial charge in [-0.25, -0.2) is 8.78 Å². The molecule has 3 amide bonds. The molecule has 2 aromatic rings. The predicted molar refractivity (Wildman–Crippen MR) is 143 cm³/mol. The van der Waals surface area contributed by atoms with E-state index in [0.717, 1.165) is 17.2 Å². The van der Waals surface area contributed by atoms with Crippen molar-refractivity contribution in [1.82, 2.24) is 15.1 Å². The fourth-order valence-corrected chi connectivity index (χ4v) is 7.08. The molecule has 5 rings (SSSR count). The summed E-state index contributed by atoms with van der Waals surface area (Å²) >= 11 is -1.06. The number of nitrogens with zero attached hydrogens (tertiary/aromatic N) is 2. The third-order valence-electron chi connectivity index (χ3n) is 7.96. The molecule has 1 aliphatic carbocycles. The first kappa shape index (κ1) is 27.6. The van der Waals surface area contributed by atoms with Crippen LogP contribution in [0.15, 0.2) is 42.5 Å². The average Bonchev–Trinajstić information content (AvgIpc) is 3.33. The summed E-state index contributed by atoms with van der Waals surface area (Å²) < 4.78 is 41.2. The van der Waals surface area contributed by atoms with E-state index in [4.69, 9.17) is 0 Å². The van der Waals surface area contributed by atoms with E-state index in [1.54, 1.807) is 0 Å². The summed E-state index contributed by atoms with van der Waals surface area (Å²) in [5, 5.41) is 2.93. The molecule has 208 valence electrons. The zero-order valence-electron chi connectivity index (χ0n) is 22.1. The van der Waals surface area contributed by atoms with Gasteiger partial charge in [-0.05, 0) is 48.3 Å². The van der Waals surface area contributed by atoms with E-state index in [0.29, 0.717) is 18.9 Å². The lowest BCUT2D eigenvalue weighted by Crippen LogP contribution is -2.67. The predicted octanol–water partition coefficient (Wildman–Crippen LogP) is 2.75. The molecule has 39 heavy (non-hydrogen) atoms. The third-order valence-corrected chi connectivity index (χ3v) is 9.24. The maximum Gasteiger partial charge on any atom is 0.250 e. The van der Waals surface area contributed by atoms with Crippen molar-refractivity contribution < 1.29 is 27.7 Å². The summed E-state index contributed by atoms with van der Waals surface area (Å²) in [5.74, 6) is -2.82. The van der Waals surface area contributed by atoms with Crippen LogP contribution in [0.4, 0.5) is 8.78 Å². The highest BCUT2D eigenvalue weighted by atomic mass is 32.2. The number of fused-ring (bicyclic) bond motifs is 1. The molecule has 0 saturated carbocycles. The first-order chi connectivity index (χ1) is 18.6. The van der Waals surface area contributed by atoms with E-state index >= 15 is 4.39 Å². The van der Waals surface area contributed by atoms with Gasteiger partial charge >= 0.3 is 0 Å². The number of halogens is 2. The van der Waals surface area contributed by atoms with Crippen LogP contribution in [-0.2, 0) is 38.4 Å². The molecule has 3 aliphatic rings. The molecule has 7 nitrogen and oxygen atoms in total. The number of hydrogen-bond acceptors (Lipinski definition) is 4. The standard InChI is InChI=1S/C29H33F2N3O4S/c1-17(2)13-24-27(35)32-25(20-14-18-5-3-4-6-19(18)15-20)28(36)34(24)26(22-8-7-21(30)16-23(22)31)29(37)33-9-11-39(38)12-10-33/h3-8,16-17,20,24-26H,9-15H2,1-2H3,(H,32,35). The topological polar surface area (TPSA) is 92.8 Å². The van der Waals surface area contributed by atoms with Gasteiger partial charge < -0.3 is 19.7 Å². The highest BCUT2D eigenvalue weighted by Gasteiger charge is 2.50. The van der Waals surface area contributed by atoms with Crippen LogP contribution in [0.1, 0.15) is 43.0 Å². The molecule has 2 saturated heterocycles. The molecule has 1 N–H and O–H groups in total. The van der Waals surface area contributed by atoms with Crippen LogP contribution in [0.3, 0.4) is 0 Å². The van der Waals surface area contributed by atoms with Gasteiger partial charge in [0.15, 0.2) is 0 Å². The Bertz CT molecular complexity index is 1240. The van der Waals surface area contributed by atoms with E-state index in [1.807, 2.05) is 38.1 Å². The van der Waals surface area contributed by atoms with Crippen LogP contribution in [0.2, 0.25) is 0 Å². The highest BCUT2D eigenvalue weighted by molar-refractivity contribution is 7.91. The first-order valence-corrected chi connectivity index (χ1v) is 14.9. The Labute approximate surface area is 230 Å². The Morgan fingerprint density at radius 3 is 2.31 bits per heavy atom. The van der Waals surface area contributed by atoms with Crippen molar-refractivity contribution in [3.05, 3.63) is 70.8 Å². The Hall–Kier alpha value is -2.98. The maximum absolute atomic E-state index is 15.3. The fourth-order valence-electron chi connectivity index (χ4n) is 6.03. The third kappa shape index (κ3) is 5.54. The van der Waals surface area contributed by atoms with E-state index in [-0.39, 0.29) is 54.3 Å². The summed E-state index contributed by atoms with van der Waals surface area (Å²) in [4.78, 5) is 44.8. The van der Waals surface area contributed by atoms with Gasteiger partial charge in [-0.15, -0.1) is 0 Å². The minimum Gasteiger partial charge on any atom is -0.616 e. The largest absolute Gasteiger partial charge is 0.616 e. The number of carbonyl (C=O) groups excluding carboxylic acids is 3. The molecule has 3 unspecified atom stereocenters. The van der Waals surface area contributed by atoms with Crippen LogP contribution in [0, 0.1) is 23.5 Å². The average molecular weight is 558 g/mol. The maximum atomic E-state index is 15.3. The number of hydrogen-bond donors (Lipinski definition) is 1. The zero-order chi connectivity index (χ0) is 27.8. The molecule has 2 aliphatic heterocycles. The molecular formula is C29H33F2N3O4S. The Kier molecular flexibility index (Phi) is 7.96. The summed E-state index contributed by atoms with van der Waals surface area (Å²) in [6.07, 6.45) is 1.46. The zero-order valence-corrected chi connectivity index (χ0v) is 22.9. The van der Waals surface area contributed by atoms with E-state index in [2.05, 4.69) is 5.32 Å². The molecule has 3 atom stereocenters. The van der Waals surface area contributed by atoms with Gasteiger partial charge in [-0.1, -0.05) is 55.4 Å². The van der Waals surface area contributed by atoms with E-state index in [9.17, 15) is 23.3 Å². The van der Waals surface area contributed by atoms with Crippen molar-refractivity contribution in [3.63, 3.8) is 0 Å². The molecule has 0 radical (unpaired) electrons. The fraction of sp³-hybridized carbons (Fsp3) is 0.483. The summed E-state index contributed by atoms with van der Waals surface area (Å²) in [5.41, 5.74) is 2.07. The first-order valence-electron chi connectivity index (χ1n) is 13.4. The molecular weight excluding hydrogens is 524 g/mol. The van der Waals surface area contributed by atoms with Crippen molar-refractivity contribution in [1.29, 1.82) is 0 Å². The van der Waals surface area contributed by atoms with Crippen molar-refractivity contribution in [2.45, 2.75) is 51.2 Å². The van der Waals surface area contributed by atoms with Crippen LogP contribution < -0.4 is 5.32 Å². The summed E-state index contributed by atoms with van der Waals surface area (Å²) in [6, 6.07) is 7.47. The smallest absolute Gasteiger partial charge is 0.250 e. The molecule has 0 aromatic heterocycles. The lowest BCUT2D eigenvalue weighted by Gasteiger charge is -2.46. The van der Waals surface area contributed by atoms with Crippen LogP contribution in [-0.4, -0.2) is 68.8 Å². The number of piperazine rings is 1. The number of benzene rings is 2. The normalized spacial score (nSPS) is 23.2. The minimum absolute atomic E-state index is 0.00504. The van der Waals surface area contributed by atoms with Gasteiger partial charge in [-0.3, -0.25) is 14.4 Å². The highest BCUT2D eigenvalue weighted by Crippen LogP contribution is 2.37. The number of carbonyl (C=O) groups is 3. The van der Waals surface area contributed by atoms with Crippen molar-refractivity contribution in [2.75, 3.05) is 24.6 Å². The van der Waals surface area contributed by atoms with Gasteiger partial charge in [0, 0.05) is 11.6 Å². The van der Waals surface area contributed by atoms with Crippen molar-refractivity contribution >= 4 is 28.9 Å². The van der Waals surface area contributed by atoms with Crippen LogP contribution in [0.25, 0.3) is 0 Å². The summed E-state index contributed by atoms with van der Waals surface area (Å²) in [6.45, 7) is 4.19. The van der Waals surface area contributed by atoms with Gasteiger partial charge in [-0.2, -0.15) is 0 Å². The molecule has 2 fully saturated rings. The van der Waals surface area contributed by atoms with Crippen molar-refractivity contribution in [3.8, 4) is 0 Å². The number of nitrogens with one attached hydrogen (secondary N) is 1. The van der Waals surface area contributed by atoms with Gasteiger partial charge in [0.1, 0.15) is 41.3 Å². The second kappa shape index (κ2) is 11.3. The van der Waals surface area contributed by atoms with Gasteiger partial charge in [0.05, 0.1) is 13.1 Å². The second-order valence-corrected chi connectivity index (χ2v) is 12.8. The van der Waals surface area contributed by atoms with Crippen LogP contribution >= 0.6 is 0 Å². The number of amides is 3. The van der Waals surface area contributed by atoms with Gasteiger partial charge in [0.2, 0.25) is 17.7 Å². The van der Waals surface area contributed by atoms with E-state index in [1.165, 1.54) is 15.9 Å². The Morgan fingerprint density at radius 1 is 1.08 bits per heavy atom. The van der Waals surface area contributed by atoms with E-state index < -0.39 is 52.8 Å².